The summed E-state index contributed by atoms with van der Waals surface area (Å²) in [5, 5.41) is 5.72. The van der Waals surface area contributed by atoms with Crippen molar-refractivity contribution >= 4 is 11.3 Å². The Balaban J connectivity index is 1.91. The average Bonchev–Trinajstić information content (AvgIpc) is 2.94. The fraction of sp³-hybridized carbons (Fsp3) is 0.333. The van der Waals surface area contributed by atoms with Gasteiger partial charge < -0.3 is 5.32 Å². The lowest BCUT2D eigenvalue weighted by Gasteiger charge is -2.32. The lowest BCUT2D eigenvalue weighted by Crippen LogP contribution is -2.33. The molecule has 17 heavy (non-hydrogen) atoms. The zero-order valence-corrected chi connectivity index (χ0v) is 10.6. The fourth-order valence-electron chi connectivity index (χ4n) is 2.75. The SMILES string of the molecule is c1ccc(C2CNCCC2c2cccs2)cc1. The highest BCUT2D eigenvalue weighted by molar-refractivity contribution is 7.10. The van der Waals surface area contributed by atoms with E-state index in [-0.39, 0.29) is 0 Å². The normalized spacial score (nSPS) is 24.7. The van der Waals surface area contributed by atoms with Gasteiger partial charge >= 0.3 is 0 Å². The molecule has 0 spiro atoms. The van der Waals surface area contributed by atoms with Crippen LogP contribution in [0.3, 0.4) is 0 Å². The maximum atomic E-state index is 3.53. The Kier molecular flexibility index (Phi) is 3.25. The highest BCUT2D eigenvalue weighted by Crippen LogP contribution is 2.38. The van der Waals surface area contributed by atoms with Crippen molar-refractivity contribution in [3.05, 3.63) is 58.3 Å². The second kappa shape index (κ2) is 5.03. The van der Waals surface area contributed by atoms with E-state index in [1.54, 1.807) is 4.88 Å². The molecule has 2 atom stereocenters. The summed E-state index contributed by atoms with van der Waals surface area (Å²) in [6.45, 7) is 2.25. The van der Waals surface area contributed by atoms with Crippen molar-refractivity contribution in [3.8, 4) is 0 Å². The molecule has 0 aliphatic carbocycles. The van der Waals surface area contributed by atoms with Gasteiger partial charge in [-0.3, -0.25) is 0 Å². The molecule has 1 aromatic heterocycles. The van der Waals surface area contributed by atoms with E-state index in [9.17, 15) is 0 Å². The van der Waals surface area contributed by atoms with Crippen molar-refractivity contribution in [1.82, 2.24) is 5.32 Å². The first-order valence-corrected chi connectivity index (χ1v) is 7.12. The Bertz CT molecular complexity index is 449. The summed E-state index contributed by atoms with van der Waals surface area (Å²) >= 11 is 1.90. The first kappa shape index (κ1) is 11.0. The highest BCUT2D eigenvalue weighted by atomic mass is 32.1. The molecule has 88 valence electrons. The van der Waals surface area contributed by atoms with Gasteiger partial charge in [0.25, 0.3) is 0 Å². The predicted molar refractivity (Wildman–Crippen MR) is 73.7 cm³/mol. The Morgan fingerprint density at radius 3 is 2.65 bits per heavy atom. The first-order chi connectivity index (χ1) is 8.45. The van der Waals surface area contributed by atoms with Gasteiger partial charge in [-0.15, -0.1) is 11.3 Å². The van der Waals surface area contributed by atoms with Gasteiger partial charge in [-0.2, -0.15) is 0 Å². The molecule has 0 radical (unpaired) electrons. The summed E-state index contributed by atoms with van der Waals surface area (Å²) in [5.41, 5.74) is 1.47. The molecule has 1 fully saturated rings. The summed E-state index contributed by atoms with van der Waals surface area (Å²) < 4.78 is 0. The Morgan fingerprint density at radius 1 is 1.00 bits per heavy atom. The maximum Gasteiger partial charge on any atom is 0.00832 e. The molecule has 0 amide bonds. The lowest BCUT2D eigenvalue weighted by atomic mass is 9.80. The second-order valence-corrected chi connectivity index (χ2v) is 5.61. The van der Waals surface area contributed by atoms with Crippen LogP contribution in [-0.4, -0.2) is 13.1 Å². The van der Waals surface area contributed by atoms with E-state index in [1.165, 1.54) is 12.0 Å². The number of hydrogen-bond acceptors (Lipinski definition) is 2. The standard InChI is InChI=1S/C15H17NS/c1-2-5-12(6-3-1)14-11-16-9-8-13(14)15-7-4-10-17-15/h1-7,10,13-14,16H,8-9,11H2. The second-order valence-electron chi connectivity index (χ2n) is 4.63. The number of nitrogens with one attached hydrogen (secondary N) is 1. The lowest BCUT2D eigenvalue weighted by molar-refractivity contribution is 0.408. The summed E-state index contributed by atoms with van der Waals surface area (Å²) in [6, 6.07) is 15.4. The molecule has 2 heterocycles. The zero-order valence-electron chi connectivity index (χ0n) is 9.80. The van der Waals surface area contributed by atoms with E-state index in [1.807, 2.05) is 11.3 Å². The van der Waals surface area contributed by atoms with Crippen LogP contribution in [0, 0.1) is 0 Å². The molecule has 1 saturated heterocycles. The van der Waals surface area contributed by atoms with Gasteiger partial charge in [0.05, 0.1) is 0 Å². The average molecular weight is 243 g/mol. The third-order valence-corrected chi connectivity index (χ3v) is 4.62. The van der Waals surface area contributed by atoms with Crippen LogP contribution in [-0.2, 0) is 0 Å². The molecule has 1 N–H and O–H groups in total. The topological polar surface area (TPSA) is 12.0 Å². The fourth-order valence-corrected chi connectivity index (χ4v) is 3.68. The van der Waals surface area contributed by atoms with Gasteiger partial charge in [-0.25, -0.2) is 0 Å². The molecular weight excluding hydrogens is 226 g/mol. The predicted octanol–water partition coefficient (Wildman–Crippen LogP) is 3.61. The molecule has 1 aliphatic rings. The number of benzene rings is 1. The van der Waals surface area contributed by atoms with Crippen molar-refractivity contribution in [2.24, 2.45) is 0 Å². The van der Waals surface area contributed by atoms with E-state index in [2.05, 4.69) is 53.2 Å². The Hall–Kier alpha value is -1.12. The van der Waals surface area contributed by atoms with Crippen LogP contribution in [0.4, 0.5) is 0 Å². The van der Waals surface area contributed by atoms with Crippen molar-refractivity contribution < 1.29 is 0 Å². The monoisotopic (exact) mass is 243 g/mol. The molecule has 2 aromatic rings. The Morgan fingerprint density at radius 2 is 1.88 bits per heavy atom. The van der Waals surface area contributed by atoms with Crippen molar-refractivity contribution in [2.75, 3.05) is 13.1 Å². The van der Waals surface area contributed by atoms with Crippen LogP contribution in [0.25, 0.3) is 0 Å². The number of rotatable bonds is 2. The van der Waals surface area contributed by atoms with Crippen LogP contribution in [0.15, 0.2) is 47.8 Å². The molecule has 1 aromatic carbocycles. The summed E-state index contributed by atoms with van der Waals surface area (Å²) in [4.78, 5) is 1.54. The zero-order chi connectivity index (χ0) is 11.5. The molecular formula is C15H17NS. The van der Waals surface area contributed by atoms with Gasteiger partial charge in [0.1, 0.15) is 0 Å². The van der Waals surface area contributed by atoms with Crippen LogP contribution >= 0.6 is 11.3 Å². The number of hydrogen-bond donors (Lipinski definition) is 1. The molecule has 1 nitrogen and oxygen atoms in total. The van der Waals surface area contributed by atoms with Gasteiger partial charge in [0.15, 0.2) is 0 Å². The Labute approximate surface area is 106 Å². The highest BCUT2D eigenvalue weighted by Gasteiger charge is 2.27. The minimum absolute atomic E-state index is 0.628. The molecule has 2 unspecified atom stereocenters. The molecule has 1 aliphatic heterocycles. The summed E-state index contributed by atoms with van der Waals surface area (Å²) in [6.07, 6.45) is 1.25. The molecule has 0 bridgehead atoms. The largest absolute Gasteiger partial charge is 0.316 e. The van der Waals surface area contributed by atoms with Crippen LogP contribution in [0.2, 0.25) is 0 Å². The van der Waals surface area contributed by atoms with Crippen LogP contribution < -0.4 is 5.32 Å². The van der Waals surface area contributed by atoms with Gasteiger partial charge in [-0.05, 0) is 30.0 Å². The van der Waals surface area contributed by atoms with Crippen molar-refractivity contribution in [1.29, 1.82) is 0 Å². The van der Waals surface area contributed by atoms with E-state index in [0.717, 1.165) is 13.1 Å². The van der Waals surface area contributed by atoms with Gasteiger partial charge in [-0.1, -0.05) is 36.4 Å². The smallest absolute Gasteiger partial charge is 0.00832 e. The van der Waals surface area contributed by atoms with Crippen LogP contribution in [0.5, 0.6) is 0 Å². The number of thiophene rings is 1. The van der Waals surface area contributed by atoms with Crippen molar-refractivity contribution in [2.45, 2.75) is 18.3 Å². The van der Waals surface area contributed by atoms with E-state index >= 15 is 0 Å². The van der Waals surface area contributed by atoms with E-state index < -0.39 is 0 Å². The molecule has 2 heteroatoms. The quantitative estimate of drug-likeness (QED) is 0.849. The third kappa shape index (κ3) is 2.28. The summed E-state index contributed by atoms with van der Waals surface area (Å²) in [5.74, 6) is 1.32. The van der Waals surface area contributed by atoms with E-state index in [4.69, 9.17) is 0 Å². The van der Waals surface area contributed by atoms with E-state index in [0.29, 0.717) is 11.8 Å². The number of piperidine rings is 1. The third-order valence-electron chi connectivity index (χ3n) is 3.62. The van der Waals surface area contributed by atoms with Crippen LogP contribution in [0.1, 0.15) is 28.7 Å². The minimum Gasteiger partial charge on any atom is -0.316 e. The van der Waals surface area contributed by atoms with Gasteiger partial charge in [0.2, 0.25) is 0 Å². The molecule has 0 saturated carbocycles. The van der Waals surface area contributed by atoms with Crippen molar-refractivity contribution in [3.63, 3.8) is 0 Å². The van der Waals surface area contributed by atoms with Gasteiger partial charge in [0, 0.05) is 23.3 Å². The maximum absolute atomic E-state index is 3.53. The minimum atomic E-state index is 0.628. The molecule has 3 rings (SSSR count). The first-order valence-electron chi connectivity index (χ1n) is 6.24. The summed E-state index contributed by atoms with van der Waals surface area (Å²) in [7, 11) is 0.